The lowest BCUT2D eigenvalue weighted by molar-refractivity contribution is 0.252. The van der Waals surface area contributed by atoms with Gasteiger partial charge in [-0.25, -0.2) is 4.79 Å². The fourth-order valence-corrected chi connectivity index (χ4v) is 2.93. The molecule has 3 aromatic rings. The Balaban J connectivity index is 1.56. The fourth-order valence-electron chi connectivity index (χ4n) is 2.10. The van der Waals surface area contributed by atoms with Crippen LogP contribution in [0.1, 0.15) is 10.4 Å². The number of carbonyl (C=O) groups excluding carboxylic acids is 1. The third-order valence-electron chi connectivity index (χ3n) is 3.32. The first kappa shape index (κ1) is 14.4. The van der Waals surface area contributed by atoms with Crippen molar-refractivity contribution < 1.29 is 9.21 Å². The number of amides is 2. The minimum atomic E-state index is -0.201. The third-order valence-corrected chi connectivity index (χ3v) is 4.26. The number of nitrogens with one attached hydrogen (secondary N) is 2. The molecule has 2 N–H and O–H groups in total. The summed E-state index contributed by atoms with van der Waals surface area (Å²) in [5.41, 5.74) is 4.02. The van der Waals surface area contributed by atoms with Gasteiger partial charge < -0.3 is 15.1 Å². The number of urea groups is 1. The number of aryl methyl sites for hydroxylation is 1. The van der Waals surface area contributed by atoms with Crippen LogP contribution in [0.5, 0.6) is 0 Å². The van der Waals surface area contributed by atoms with E-state index in [-0.39, 0.29) is 6.03 Å². The maximum atomic E-state index is 11.9. The Labute approximate surface area is 132 Å². The van der Waals surface area contributed by atoms with Gasteiger partial charge in [0.25, 0.3) is 0 Å². The van der Waals surface area contributed by atoms with Gasteiger partial charge in [0, 0.05) is 16.1 Å². The normalized spacial score (nSPS) is 10.4. The van der Waals surface area contributed by atoms with Gasteiger partial charge in [-0.2, -0.15) is 0 Å². The lowest BCUT2D eigenvalue weighted by Gasteiger charge is -2.08. The highest BCUT2D eigenvalue weighted by molar-refractivity contribution is 7.10. The lowest BCUT2D eigenvalue weighted by Crippen LogP contribution is -2.28. The molecule has 0 spiro atoms. The first-order chi connectivity index (χ1) is 10.7. The molecule has 3 rings (SSSR count). The van der Waals surface area contributed by atoms with Gasteiger partial charge in [0.15, 0.2) is 0 Å². The molecule has 2 heterocycles. The van der Waals surface area contributed by atoms with Crippen LogP contribution in [0.15, 0.2) is 58.7 Å². The second-order valence-corrected chi connectivity index (χ2v) is 5.93. The molecule has 0 unspecified atom stereocenters. The zero-order valence-corrected chi connectivity index (χ0v) is 12.9. The minimum absolute atomic E-state index is 0.201. The van der Waals surface area contributed by atoms with Crippen molar-refractivity contribution in [2.24, 2.45) is 0 Å². The Bertz CT molecular complexity index is 763. The molecule has 0 saturated carbocycles. The molecule has 0 atom stereocenters. The van der Waals surface area contributed by atoms with Crippen LogP contribution >= 0.6 is 11.3 Å². The molecule has 22 heavy (non-hydrogen) atoms. The highest BCUT2D eigenvalue weighted by atomic mass is 32.1. The third kappa shape index (κ3) is 3.38. The summed E-state index contributed by atoms with van der Waals surface area (Å²) in [6, 6.07) is 11.5. The smallest absolute Gasteiger partial charge is 0.319 e. The van der Waals surface area contributed by atoms with E-state index < -0.39 is 0 Å². The Morgan fingerprint density at radius 3 is 2.86 bits per heavy atom. The summed E-state index contributed by atoms with van der Waals surface area (Å²) in [4.78, 5) is 13.0. The van der Waals surface area contributed by atoms with Crippen LogP contribution in [-0.4, -0.2) is 6.03 Å². The molecule has 112 valence electrons. The van der Waals surface area contributed by atoms with Crippen molar-refractivity contribution in [2.45, 2.75) is 13.5 Å². The molecule has 0 saturated heterocycles. The van der Waals surface area contributed by atoms with Crippen LogP contribution in [0, 0.1) is 6.92 Å². The summed E-state index contributed by atoms with van der Waals surface area (Å²) >= 11 is 1.62. The van der Waals surface area contributed by atoms with E-state index in [2.05, 4.69) is 22.1 Å². The highest BCUT2D eigenvalue weighted by Gasteiger charge is 2.06. The first-order valence-corrected chi connectivity index (χ1v) is 7.81. The van der Waals surface area contributed by atoms with E-state index in [9.17, 15) is 4.79 Å². The average molecular weight is 312 g/mol. The van der Waals surface area contributed by atoms with Crippen LogP contribution in [0.4, 0.5) is 10.5 Å². The fraction of sp³-hybridized carbons (Fsp3) is 0.118. The molecule has 0 aliphatic rings. The number of para-hydroxylation sites is 1. The van der Waals surface area contributed by atoms with Crippen LogP contribution in [-0.2, 0) is 6.54 Å². The minimum Gasteiger partial charge on any atom is -0.472 e. The number of thiophene rings is 1. The van der Waals surface area contributed by atoms with Crippen LogP contribution < -0.4 is 10.6 Å². The van der Waals surface area contributed by atoms with Crippen LogP contribution in [0.2, 0.25) is 0 Å². The Hall–Kier alpha value is -2.53. The number of anilines is 1. The standard InChI is InChI=1S/C17H16N2O2S/c1-12-4-2-3-5-16(12)19-17(20)18-9-15-8-14(11-22-15)13-6-7-21-10-13/h2-8,10-11H,9H2,1H3,(H2,18,19,20). The SMILES string of the molecule is Cc1ccccc1NC(=O)NCc1cc(-c2ccoc2)cs1. The summed E-state index contributed by atoms with van der Waals surface area (Å²) in [5.74, 6) is 0. The highest BCUT2D eigenvalue weighted by Crippen LogP contribution is 2.25. The number of carbonyl (C=O) groups is 1. The molecule has 2 aromatic heterocycles. The van der Waals surface area contributed by atoms with Gasteiger partial charge >= 0.3 is 6.03 Å². The molecule has 0 radical (unpaired) electrons. The molecule has 0 aliphatic carbocycles. The second kappa shape index (κ2) is 6.49. The van der Waals surface area contributed by atoms with E-state index in [4.69, 9.17) is 4.42 Å². The lowest BCUT2D eigenvalue weighted by atomic mass is 10.2. The van der Waals surface area contributed by atoms with E-state index in [0.717, 1.165) is 27.3 Å². The summed E-state index contributed by atoms with van der Waals surface area (Å²) in [5, 5.41) is 7.78. The largest absolute Gasteiger partial charge is 0.472 e. The van der Waals surface area contributed by atoms with Crippen molar-refractivity contribution in [3.05, 3.63) is 64.7 Å². The monoisotopic (exact) mass is 312 g/mol. The van der Waals surface area contributed by atoms with Gasteiger partial charge in [-0.3, -0.25) is 0 Å². The molecule has 0 fully saturated rings. The first-order valence-electron chi connectivity index (χ1n) is 6.93. The maximum absolute atomic E-state index is 11.9. The van der Waals surface area contributed by atoms with Gasteiger partial charge in [-0.1, -0.05) is 18.2 Å². The second-order valence-electron chi connectivity index (χ2n) is 4.94. The van der Waals surface area contributed by atoms with E-state index in [1.54, 1.807) is 23.9 Å². The molecular formula is C17H16N2O2S. The van der Waals surface area contributed by atoms with Crippen molar-refractivity contribution >= 4 is 23.1 Å². The quantitative estimate of drug-likeness (QED) is 0.737. The summed E-state index contributed by atoms with van der Waals surface area (Å²) in [7, 11) is 0. The van der Waals surface area contributed by atoms with E-state index in [0.29, 0.717) is 6.54 Å². The van der Waals surface area contributed by atoms with Gasteiger partial charge in [0.1, 0.15) is 0 Å². The van der Waals surface area contributed by atoms with Gasteiger partial charge in [-0.05, 0) is 41.6 Å². The van der Waals surface area contributed by atoms with Crippen molar-refractivity contribution in [1.82, 2.24) is 5.32 Å². The number of benzene rings is 1. The number of hydrogen-bond acceptors (Lipinski definition) is 3. The predicted molar refractivity (Wildman–Crippen MR) is 89.1 cm³/mol. The van der Waals surface area contributed by atoms with Crippen molar-refractivity contribution in [1.29, 1.82) is 0 Å². The molecule has 2 amide bonds. The Morgan fingerprint density at radius 1 is 1.23 bits per heavy atom. The van der Waals surface area contributed by atoms with E-state index in [1.165, 1.54) is 0 Å². The van der Waals surface area contributed by atoms with Crippen LogP contribution in [0.25, 0.3) is 11.1 Å². The number of rotatable bonds is 4. The summed E-state index contributed by atoms with van der Waals surface area (Å²) < 4.78 is 5.08. The molecule has 5 heteroatoms. The summed E-state index contributed by atoms with van der Waals surface area (Å²) in [6.07, 6.45) is 3.37. The molecule has 4 nitrogen and oxygen atoms in total. The Kier molecular flexibility index (Phi) is 4.25. The molecule has 0 aliphatic heterocycles. The molecule has 0 bridgehead atoms. The number of furan rings is 1. The van der Waals surface area contributed by atoms with Crippen molar-refractivity contribution in [3.8, 4) is 11.1 Å². The van der Waals surface area contributed by atoms with Crippen molar-refractivity contribution in [2.75, 3.05) is 5.32 Å². The van der Waals surface area contributed by atoms with E-state index >= 15 is 0 Å². The summed E-state index contributed by atoms with van der Waals surface area (Å²) in [6.45, 7) is 2.46. The zero-order valence-electron chi connectivity index (χ0n) is 12.1. The predicted octanol–water partition coefficient (Wildman–Crippen LogP) is 4.64. The Morgan fingerprint density at radius 2 is 2.09 bits per heavy atom. The van der Waals surface area contributed by atoms with Crippen molar-refractivity contribution in [3.63, 3.8) is 0 Å². The maximum Gasteiger partial charge on any atom is 0.319 e. The molecular weight excluding hydrogens is 296 g/mol. The van der Waals surface area contributed by atoms with Gasteiger partial charge in [-0.15, -0.1) is 11.3 Å². The van der Waals surface area contributed by atoms with Gasteiger partial charge in [0.2, 0.25) is 0 Å². The topological polar surface area (TPSA) is 54.3 Å². The van der Waals surface area contributed by atoms with E-state index in [1.807, 2.05) is 37.3 Å². The van der Waals surface area contributed by atoms with Crippen LogP contribution in [0.3, 0.4) is 0 Å². The zero-order chi connectivity index (χ0) is 15.4. The van der Waals surface area contributed by atoms with Gasteiger partial charge in [0.05, 0.1) is 19.1 Å². The number of hydrogen-bond donors (Lipinski definition) is 2. The average Bonchev–Trinajstić information content (AvgIpc) is 3.18. The molecule has 1 aromatic carbocycles.